The summed E-state index contributed by atoms with van der Waals surface area (Å²) in [4.78, 5) is 11.0. The topological polar surface area (TPSA) is 97.8 Å². The van der Waals surface area contributed by atoms with Crippen molar-refractivity contribution >= 4 is 16.5 Å². The van der Waals surface area contributed by atoms with E-state index in [2.05, 4.69) is 0 Å². The summed E-state index contributed by atoms with van der Waals surface area (Å²) in [5.41, 5.74) is 0.505. The third-order valence-corrected chi connectivity index (χ3v) is 6.42. The third-order valence-electron chi connectivity index (χ3n) is 6.42. The van der Waals surface area contributed by atoms with Gasteiger partial charge in [0, 0.05) is 11.5 Å². The third kappa shape index (κ3) is 1.87. The van der Waals surface area contributed by atoms with Crippen LogP contribution in [0.3, 0.4) is 0 Å². The number of nitro groups is 1. The summed E-state index contributed by atoms with van der Waals surface area (Å²) in [5, 5.41) is 34.7. The van der Waals surface area contributed by atoms with E-state index >= 15 is 0 Å². The molecule has 1 aromatic heterocycles. The lowest BCUT2D eigenvalue weighted by Gasteiger charge is -2.24. The number of benzene rings is 2. The predicted molar refractivity (Wildman–Crippen MR) is 103 cm³/mol. The molecule has 3 aromatic rings. The standard InChI is InChI=1S/C21H20N2O5/c1-3-21-11-10-20(2,28-21)16-17(21)19(25)22(18(16)24)14-8-9-15(23(26)27)13-7-5-4-6-12(13)14/h4-9,24-25H,3,10-11H2,1-2H3. The first-order valence-electron chi connectivity index (χ1n) is 9.37. The van der Waals surface area contributed by atoms with E-state index in [9.17, 15) is 20.3 Å². The van der Waals surface area contributed by atoms with Gasteiger partial charge in [-0.05, 0) is 38.3 Å². The SMILES string of the molecule is CCC12CCC(C)(O1)c1c2c(O)n(-c2ccc([N+](=O)[O-])c3ccccc23)c1O. The van der Waals surface area contributed by atoms with Crippen LogP contribution < -0.4 is 0 Å². The summed E-state index contributed by atoms with van der Waals surface area (Å²) in [6, 6.07) is 9.91. The number of nitrogens with zero attached hydrogens (tertiary/aromatic N) is 2. The molecule has 1 fully saturated rings. The average Bonchev–Trinajstić information content (AvgIpc) is 3.26. The van der Waals surface area contributed by atoms with Crippen molar-refractivity contribution in [2.75, 3.05) is 0 Å². The molecule has 0 spiro atoms. The van der Waals surface area contributed by atoms with Gasteiger partial charge in [0.05, 0.1) is 38.3 Å². The fourth-order valence-corrected chi connectivity index (χ4v) is 5.08. The van der Waals surface area contributed by atoms with Gasteiger partial charge in [-0.15, -0.1) is 0 Å². The Kier molecular flexibility index (Phi) is 3.21. The normalized spacial score (nSPS) is 25.4. The molecule has 2 aliphatic heterocycles. The lowest BCUT2D eigenvalue weighted by Crippen LogP contribution is -2.21. The molecule has 3 heterocycles. The van der Waals surface area contributed by atoms with Gasteiger partial charge < -0.3 is 14.9 Å². The van der Waals surface area contributed by atoms with Gasteiger partial charge in [0.2, 0.25) is 11.8 Å². The van der Waals surface area contributed by atoms with Crippen LogP contribution in [0.5, 0.6) is 11.8 Å². The number of fused-ring (bicyclic) bond motifs is 6. The Balaban J connectivity index is 1.84. The Hall–Kier alpha value is -3.06. The van der Waals surface area contributed by atoms with Crippen LogP contribution in [0.15, 0.2) is 36.4 Å². The smallest absolute Gasteiger partial charge is 0.277 e. The predicted octanol–water partition coefficient (Wildman–Crippen LogP) is 4.59. The van der Waals surface area contributed by atoms with Crippen molar-refractivity contribution in [3.63, 3.8) is 0 Å². The van der Waals surface area contributed by atoms with E-state index < -0.39 is 16.1 Å². The molecule has 0 saturated carbocycles. The summed E-state index contributed by atoms with van der Waals surface area (Å²) in [6.45, 7) is 3.95. The van der Waals surface area contributed by atoms with Crippen LogP contribution in [-0.2, 0) is 15.9 Å². The molecule has 0 amide bonds. The minimum Gasteiger partial charge on any atom is -0.494 e. The van der Waals surface area contributed by atoms with Crippen molar-refractivity contribution in [3.8, 4) is 17.4 Å². The van der Waals surface area contributed by atoms with Gasteiger partial charge in [-0.2, -0.15) is 0 Å². The van der Waals surface area contributed by atoms with Gasteiger partial charge in [0.15, 0.2) is 0 Å². The van der Waals surface area contributed by atoms with Crippen molar-refractivity contribution in [2.45, 2.75) is 44.3 Å². The van der Waals surface area contributed by atoms with Gasteiger partial charge in [-0.25, -0.2) is 0 Å². The number of nitro benzene ring substituents is 1. The molecule has 2 unspecified atom stereocenters. The van der Waals surface area contributed by atoms with Crippen LogP contribution >= 0.6 is 0 Å². The summed E-state index contributed by atoms with van der Waals surface area (Å²) in [5.74, 6) is -0.124. The van der Waals surface area contributed by atoms with E-state index in [1.807, 2.05) is 13.8 Å². The highest BCUT2D eigenvalue weighted by molar-refractivity contribution is 5.97. The highest BCUT2D eigenvalue weighted by Gasteiger charge is 2.60. The molecular formula is C21H20N2O5. The molecule has 28 heavy (non-hydrogen) atoms. The minimum absolute atomic E-state index is 0.0154. The Morgan fingerprint density at radius 1 is 1.11 bits per heavy atom. The molecule has 2 atom stereocenters. The van der Waals surface area contributed by atoms with E-state index in [1.54, 1.807) is 30.3 Å². The first-order valence-corrected chi connectivity index (χ1v) is 9.37. The van der Waals surface area contributed by atoms with Crippen LogP contribution in [-0.4, -0.2) is 19.7 Å². The van der Waals surface area contributed by atoms with E-state index in [4.69, 9.17) is 4.74 Å². The fraction of sp³-hybridized carbons (Fsp3) is 0.333. The molecule has 7 nitrogen and oxygen atoms in total. The second kappa shape index (κ2) is 5.26. The number of rotatable bonds is 3. The van der Waals surface area contributed by atoms with Crippen molar-refractivity contribution in [3.05, 3.63) is 57.6 Å². The van der Waals surface area contributed by atoms with Crippen LogP contribution in [0.1, 0.15) is 44.2 Å². The molecule has 144 valence electrons. The monoisotopic (exact) mass is 380 g/mol. The van der Waals surface area contributed by atoms with E-state index in [0.29, 0.717) is 34.0 Å². The fourth-order valence-electron chi connectivity index (χ4n) is 5.08. The van der Waals surface area contributed by atoms with Gasteiger partial charge in [-0.1, -0.05) is 25.1 Å². The van der Waals surface area contributed by atoms with Crippen LogP contribution in [0, 0.1) is 10.1 Å². The van der Waals surface area contributed by atoms with Crippen LogP contribution in [0.25, 0.3) is 16.5 Å². The van der Waals surface area contributed by atoms with Crippen molar-refractivity contribution in [2.24, 2.45) is 0 Å². The van der Waals surface area contributed by atoms with Gasteiger partial charge in [0.1, 0.15) is 0 Å². The highest BCUT2D eigenvalue weighted by atomic mass is 16.6. The molecule has 5 rings (SSSR count). The molecule has 7 heteroatoms. The van der Waals surface area contributed by atoms with Gasteiger partial charge >= 0.3 is 0 Å². The lowest BCUT2D eigenvalue weighted by molar-refractivity contribution is -0.383. The number of aromatic hydroxyl groups is 2. The molecule has 0 radical (unpaired) electrons. The molecule has 2 N–H and O–H groups in total. The zero-order valence-corrected chi connectivity index (χ0v) is 15.6. The Morgan fingerprint density at radius 3 is 2.46 bits per heavy atom. The van der Waals surface area contributed by atoms with E-state index in [-0.39, 0.29) is 17.4 Å². The second-order valence-electron chi connectivity index (χ2n) is 7.82. The molecule has 0 aliphatic carbocycles. The van der Waals surface area contributed by atoms with Crippen LogP contribution in [0.4, 0.5) is 5.69 Å². The Bertz CT molecular complexity index is 1170. The Morgan fingerprint density at radius 2 is 1.79 bits per heavy atom. The molecule has 2 bridgehead atoms. The zero-order valence-electron chi connectivity index (χ0n) is 15.6. The number of non-ortho nitro benzene ring substituents is 1. The quantitative estimate of drug-likeness (QED) is 0.511. The number of ether oxygens (including phenoxy) is 1. The van der Waals surface area contributed by atoms with Crippen molar-refractivity contribution < 1.29 is 19.9 Å². The van der Waals surface area contributed by atoms with Gasteiger partial charge in [-0.3, -0.25) is 14.7 Å². The van der Waals surface area contributed by atoms with E-state index in [1.165, 1.54) is 10.6 Å². The molecular weight excluding hydrogens is 360 g/mol. The summed E-state index contributed by atoms with van der Waals surface area (Å²) in [6.07, 6.45) is 2.24. The molecule has 1 saturated heterocycles. The maximum atomic E-state index is 11.4. The lowest BCUT2D eigenvalue weighted by atomic mass is 9.78. The van der Waals surface area contributed by atoms with Crippen molar-refractivity contribution in [1.29, 1.82) is 0 Å². The summed E-state index contributed by atoms with van der Waals surface area (Å²) >= 11 is 0. The summed E-state index contributed by atoms with van der Waals surface area (Å²) in [7, 11) is 0. The maximum absolute atomic E-state index is 11.4. The van der Waals surface area contributed by atoms with Crippen LogP contribution in [0.2, 0.25) is 0 Å². The maximum Gasteiger partial charge on any atom is 0.277 e. The number of hydrogen-bond acceptors (Lipinski definition) is 5. The number of aromatic nitrogens is 1. The first-order chi connectivity index (χ1) is 13.3. The highest BCUT2D eigenvalue weighted by Crippen LogP contribution is 2.65. The van der Waals surface area contributed by atoms with Crippen molar-refractivity contribution in [1.82, 2.24) is 4.57 Å². The zero-order chi connectivity index (χ0) is 19.8. The Labute approximate surface area is 160 Å². The number of hydrogen-bond donors (Lipinski definition) is 2. The molecule has 2 aromatic carbocycles. The minimum atomic E-state index is -0.644. The second-order valence-corrected chi connectivity index (χ2v) is 7.82. The first kappa shape index (κ1) is 17.1. The van der Waals surface area contributed by atoms with E-state index in [0.717, 1.165) is 12.8 Å². The average molecular weight is 380 g/mol. The largest absolute Gasteiger partial charge is 0.494 e. The summed E-state index contributed by atoms with van der Waals surface area (Å²) < 4.78 is 7.67. The van der Waals surface area contributed by atoms with Gasteiger partial charge in [0.25, 0.3) is 5.69 Å². The molecule has 2 aliphatic rings.